The second kappa shape index (κ2) is 18.1. The molecule has 0 saturated carbocycles. The first-order valence-electron chi connectivity index (χ1n) is 17.8. The number of hydrogen-bond donors (Lipinski definition) is 3. The Morgan fingerprint density at radius 3 is 2.15 bits per heavy atom. The summed E-state index contributed by atoms with van der Waals surface area (Å²) in [7, 11) is 0. The van der Waals surface area contributed by atoms with Gasteiger partial charge >= 0.3 is 0 Å². The quantitative estimate of drug-likeness (QED) is 0.0726. The average Bonchev–Trinajstić information content (AvgIpc) is 3.61. The topological polar surface area (TPSA) is 123 Å². The zero-order chi connectivity index (χ0) is 36.3. The highest BCUT2D eigenvalue weighted by Crippen LogP contribution is 2.44. The van der Waals surface area contributed by atoms with Crippen LogP contribution >= 0.6 is 11.8 Å². The smallest absolute Gasteiger partial charge is 0.256 e. The summed E-state index contributed by atoms with van der Waals surface area (Å²) < 4.78 is 19.7. The first-order chi connectivity index (χ1) is 25.4. The highest BCUT2D eigenvalue weighted by Gasteiger charge is 2.38. The van der Waals surface area contributed by atoms with Crippen LogP contribution < -0.4 is 10.6 Å². The molecule has 0 bridgehead atoms. The van der Waals surface area contributed by atoms with Gasteiger partial charge in [0.05, 0.1) is 18.8 Å². The molecular weight excluding hydrogens is 675 g/mol. The molecule has 1 aliphatic rings. The number of aromatic nitrogens is 1. The Labute approximate surface area is 309 Å². The largest absolute Gasteiger partial charge is 0.431 e. The molecule has 3 N–H and O–H groups in total. The van der Waals surface area contributed by atoms with Crippen LogP contribution in [0.4, 0.5) is 5.69 Å². The Hall–Kier alpha value is -4.74. The van der Waals surface area contributed by atoms with Crippen LogP contribution in [0, 0.1) is 5.92 Å². The number of nitrogens with zero attached hydrogens (tertiary/aromatic N) is 1. The number of anilines is 1. The molecule has 1 aromatic heterocycles. The van der Waals surface area contributed by atoms with Gasteiger partial charge in [-0.3, -0.25) is 9.59 Å². The van der Waals surface area contributed by atoms with E-state index in [4.69, 9.17) is 18.9 Å². The van der Waals surface area contributed by atoms with E-state index in [1.54, 1.807) is 0 Å². The second-order valence-electron chi connectivity index (χ2n) is 13.0. The molecule has 5 aromatic rings. The second-order valence-corrected chi connectivity index (χ2v) is 14.0. The van der Waals surface area contributed by atoms with E-state index in [-0.39, 0.29) is 36.5 Å². The maximum Gasteiger partial charge on any atom is 0.256 e. The molecule has 270 valence electrons. The van der Waals surface area contributed by atoms with Gasteiger partial charge in [-0.15, -0.1) is 0 Å². The molecule has 0 unspecified atom stereocenters. The molecule has 1 aliphatic heterocycles. The Kier molecular flexibility index (Phi) is 12.9. The molecule has 1 fully saturated rings. The van der Waals surface area contributed by atoms with Crippen LogP contribution in [-0.4, -0.2) is 40.3 Å². The zero-order valence-corrected chi connectivity index (χ0v) is 30.3. The average molecular weight is 720 g/mol. The number of amides is 2. The van der Waals surface area contributed by atoms with Gasteiger partial charge in [-0.05, 0) is 36.1 Å². The molecule has 2 heterocycles. The summed E-state index contributed by atoms with van der Waals surface area (Å²) in [4.78, 5) is 28.5. The van der Waals surface area contributed by atoms with E-state index in [1.165, 1.54) is 18.7 Å². The van der Waals surface area contributed by atoms with Gasteiger partial charge in [0.1, 0.15) is 5.69 Å². The van der Waals surface area contributed by atoms with E-state index in [0.29, 0.717) is 29.6 Å². The monoisotopic (exact) mass is 719 g/mol. The van der Waals surface area contributed by atoms with Gasteiger partial charge in [-0.1, -0.05) is 122 Å². The van der Waals surface area contributed by atoms with E-state index in [1.807, 2.05) is 109 Å². The van der Waals surface area contributed by atoms with Gasteiger partial charge in [0.15, 0.2) is 12.1 Å². The lowest BCUT2D eigenvalue weighted by atomic mass is 9.91. The summed E-state index contributed by atoms with van der Waals surface area (Å²) in [6.07, 6.45) is 1.73. The van der Waals surface area contributed by atoms with E-state index >= 15 is 0 Å². The van der Waals surface area contributed by atoms with Crippen LogP contribution in [-0.2, 0) is 25.7 Å². The summed E-state index contributed by atoms with van der Waals surface area (Å²) in [5.41, 5.74) is 6.11. The van der Waals surface area contributed by atoms with Crippen LogP contribution in [0.15, 0.2) is 119 Å². The van der Waals surface area contributed by atoms with Crippen molar-refractivity contribution in [3.63, 3.8) is 0 Å². The SMILES string of the molecule is CC(=O)NCCCCCC(=O)Nc1ccc([C@@H]2O[C@H](CSc3nc(-c4ccccc4)c(-c4ccccc4)o3)[C@H](C)[C@H](c3ccc(CO)cc3)O2)cc1. The maximum absolute atomic E-state index is 12.6. The summed E-state index contributed by atoms with van der Waals surface area (Å²) in [6.45, 7) is 4.23. The van der Waals surface area contributed by atoms with Gasteiger partial charge in [-0.2, -0.15) is 0 Å². The minimum atomic E-state index is -0.651. The normalized spacial score (nSPS) is 18.5. The molecule has 0 radical (unpaired) electrons. The van der Waals surface area contributed by atoms with Gasteiger partial charge in [0.2, 0.25) is 11.8 Å². The lowest BCUT2D eigenvalue weighted by molar-refractivity contribution is -0.268. The highest BCUT2D eigenvalue weighted by atomic mass is 32.2. The third-order valence-corrected chi connectivity index (χ3v) is 10.0. The lowest BCUT2D eigenvalue weighted by Crippen LogP contribution is -2.38. The Morgan fingerprint density at radius 2 is 1.48 bits per heavy atom. The molecule has 1 saturated heterocycles. The van der Waals surface area contributed by atoms with E-state index < -0.39 is 6.29 Å². The number of hydrogen-bond acceptors (Lipinski definition) is 8. The molecule has 4 aromatic carbocycles. The van der Waals surface area contributed by atoms with Crippen LogP contribution in [0.1, 0.15) is 68.6 Å². The molecule has 4 atom stereocenters. The van der Waals surface area contributed by atoms with Gasteiger partial charge in [-0.25, -0.2) is 4.98 Å². The summed E-state index contributed by atoms with van der Waals surface area (Å²) in [6, 6.07) is 35.5. The number of benzene rings is 4. The van der Waals surface area contributed by atoms with Crippen LogP contribution in [0.5, 0.6) is 0 Å². The van der Waals surface area contributed by atoms with Crippen LogP contribution in [0.2, 0.25) is 0 Å². The van der Waals surface area contributed by atoms with Crippen molar-refractivity contribution in [3.05, 3.63) is 126 Å². The summed E-state index contributed by atoms with van der Waals surface area (Å²) in [5, 5.41) is 15.9. The standard InChI is InChI=1S/C42H45N3O6S/c1-28-36(27-52-42-45-38(31-12-6-3-7-13-31)40(51-42)32-14-8-4-9-15-32)49-41(50-39(28)33-19-17-30(26-46)18-20-33)34-21-23-35(24-22-34)44-37(48)16-10-5-11-25-43-29(2)47/h3-4,6-9,12-15,17-24,28,36,39,41,46H,5,10-11,16,25-27H2,1-2H3,(H,43,47)(H,44,48)/t28-,36+,39+,41+/m0/s1. The van der Waals surface area contributed by atoms with Crippen LogP contribution in [0.3, 0.4) is 0 Å². The fourth-order valence-electron chi connectivity index (χ4n) is 6.20. The van der Waals surface area contributed by atoms with Crippen molar-refractivity contribution in [1.82, 2.24) is 10.3 Å². The van der Waals surface area contributed by atoms with Crippen molar-refractivity contribution in [2.45, 2.75) is 69.9 Å². The molecule has 6 rings (SSSR count). The predicted molar refractivity (Wildman–Crippen MR) is 203 cm³/mol. The van der Waals surface area contributed by atoms with E-state index in [2.05, 4.69) is 17.6 Å². The number of nitrogens with one attached hydrogen (secondary N) is 2. The van der Waals surface area contributed by atoms with Crippen molar-refractivity contribution in [2.75, 3.05) is 17.6 Å². The number of carbonyl (C=O) groups excluding carboxylic acids is 2. The Morgan fingerprint density at radius 1 is 0.808 bits per heavy atom. The van der Waals surface area contributed by atoms with Gasteiger partial charge in [0, 0.05) is 53.9 Å². The van der Waals surface area contributed by atoms with Gasteiger partial charge < -0.3 is 29.6 Å². The molecule has 2 amide bonds. The first kappa shape index (κ1) is 37.0. The Balaban J connectivity index is 1.16. The Bertz CT molecular complexity index is 1830. The minimum absolute atomic E-state index is 0.0160. The third-order valence-electron chi connectivity index (χ3n) is 9.11. The van der Waals surface area contributed by atoms with Crippen molar-refractivity contribution in [1.29, 1.82) is 0 Å². The van der Waals surface area contributed by atoms with Crippen molar-refractivity contribution >= 4 is 29.3 Å². The van der Waals surface area contributed by atoms with E-state index in [0.717, 1.165) is 58.5 Å². The first-order valence-corrected chi connectivity index (χ1v) is 18.8. The predicted octanol–water partition coefficient (Wildman–Crippen LogP) is 8.72. The summed E-state index contributed by atoms with van der Waals surface area (Å²) in [5.74, 6) is 1.20. The molecule has 0 spiro atoms. The third kappa shape index (κ3) is 9.77. The molecule has 52 heavy (non-hydrogen) atoms. The van der Waals surface area contributed by atoms with Crippen LogP contribution in [0.25, 0.3) is 22.6 Å². The maximum atomic E-state index is 12.6. The molecular formula is C42H45N3O6S. The molecule has 9 nitrogen and oxygen atoms in total. The number of rotatable bonds is 15. The number of oxazole rings is 1. The highest BCUT2D eigenvalue weighted by molar-refractivity contribution is 7.99. The number of unbranched alkanes of at least 4 members (excludes halogenated alkanes) is 2. The zero-order valence-electron chi connectivity index (χ0n) is 29.5. The molecule has 0 aliphatic carbocycles. The minimum Gasteiger partial charge on any atom is -0.431 e. The number of thioether (sulfide) groups is 1. The van der Waals surface area contributed by atoms with Crippen molar-refractivity contribution in [2.24, 2.45) is 5.92 Å². The van der Waals surface area contributed by atoms with Crippen molar-refractivity contribution in [3.8, 4) is 22.6 Å². The lowest BCUT2D eigenvalue weighted by Gasteiger charge is -2.41. The number of aliphatic hydroxyl groups is 1. The fourth-order valence-corrected chi connectivity index (χ4v) is 7.19. The number of carbonyl (C=O) groups is 2. The van der Waals surface area contributed by atoms with Crippen molar-refractivity contribution < 1.29 is 28.6 Å². The summed E-state index contributed by atoms with van der Waals surface area (Å²) >= 11 is 1.52. The number of aliphatic hydroxyl groups excluding tert-OH is 1. The number of ether oxygens (including phenoxy) is 2. The van der Waals surface area contributed by atoms with E-state index in [9.17, 15) is 14.7 Å². The van der Waals surface area contributed by atoms with Gasteiger partial charge in [0.25, 0.3) is 5.22 Å². The fraction of sp³-hybridized carbons (Fsp3) is 0.310. The molecule has 10 heteroatoms.